The predicted octanol–water partition coefficient (Wildman–Crippen LogP) is 5.73. The van der Waals surface area contributed by atoms with Gasteiger partial charge in [-0.2, -0.15) is 0 Å². The van der Waals surface area contributed by atoms with E-state index in [1.807, 2.05) is 0 Å². The first-order valence-electron chi connectivity index (χ1n) is 10.2. The average Bonchev–Trinajstić information content (AvgIpc) is 3.04. The average molecular weight is 371 g/mol. The highest BCUT2D eigenvalue weighted by molar-refractivity contribution is 5.84. The number of Topliss-reactive ketones (excluding diaryl/α,β-unsaturated/α-hetero) is 1. The summed E-state index contributed by atoms with van der Waals surface area (Å²) < 4.78 is 4.64. The van der Waals surface area contributed by atoms with Gasteiger partial charge in [0.15, 0.2) is 0 Å². The van der Waals surface area contributed by atoms with E-state index in [1.165, 1.54) is 18.2 Å². The van der Waals surface area contributed by atoms with Crippen molar-refractivity contribution in [2.45, 2.75) is 77.0 Å². The molecule has 0 heterocycles. The molecule has 3 heteroatoms. The van der Waals surface area contributed by atoms with Gasteiger partial charge in [-0.3, -0.25) is 9.59 Å². The largest absolute Gasteiger partial charge is 0.469 e. The first-order chi connectivity index (χ1) is 12.9. The lowest BCUT2D eigenvalue weighted by Crippen LogP contribution is -2.16. The number of carbonyl (C=O) groups excluding carboxylic acids is 2. The molecular weight excluding hydrogens is 336 g/mol. The van der Waals surface area contributed by atoms with Crippen molar-refractivity contribution in [2.24, 2.45) is 5.92 Å². The summed E-state index contributed by atoms with van der Waals surface area (Å²) in [4.78, 5) is 23.5. The lowest BCUT2D eigenvalue weighted by Gasteiger charge is -2.24. The Bertz CT molecular complexity index is 655. The molecule has 1 aromatic rings. The molecule has 0 saturated heterocycles. The van der Waals surface area contributed by atoms with Gasteiger partial charge in [-0.15, -0.1) is 0 Å². The zero-order chi connectivity index (χ0) is 19.9. The Morgan fingerprint density at radius 3 is 2.56 bits per heavy atom. The van der Waals surface area contributed by atoms with E-state index in [2.05, 4.69) is 61.9 Å². The van der Waals surface area contributed by atoms with Gasteiger partial charge in [0.05, 0.1) is 7.11 Å². The van der Waals surface area contributed by atoms with Gasteiger partial charge in [0.25, 0.3) is 0 Å². The Labute approximate surface area is 164 Å². The zero-order valence-electron chi connectivity index (χ0n) is 17.3. The number of unbranched alkanes of at least 4 members (excludes halogenated alkanes) is 1. The van der Waals surface area contributed by atoms with E-state index in [4.69, 9.17) is 0 Å². The molecule has 0 aliphatic heterocycles. The number of ether oxygens (including phenoxy) is 1. The van der Waals surface area contributed by atoms with E-state index < -0.39 is 0 Å². The Morgan fingerprint density at radius 2 is 1.93 bits per heavy atom. The van der Waals surface area contributed by atoms with Gasteiger partial charge in [-0.05, 0) is 54.6 Å². The molecule has 0 bridgehead atoms. The van der Waals surface area contributed by atoms with E-state index in [-0.39, 0.29) is 17.3 Å². The molecule has 1 fully saturated rings. The minimum atomic E-state index is -0.163. The minimum Gasteiger partial charge on any atom is -0.469 e. The number of hydrogen-bond donors (Lipinski definition) is 0. The van der Waals surface area contributed by atoms with Crippen LogP contribution in [0, 0.1) is 5.92 Å². The minimum absolute atomic E-state index is 0.0897. The van der Waals surface area contributed by atoms with Crippen molar-refractivity contribution in [1.82, 2.24) is 0 Å². The number of benzene rings is 1. The topological polar surface area (TPSA) is 43.4 Å². The monoisotopic (exact) mass is 370 g/mol. The maximum atomic E-state index is 12.4. The summed E-state index contributed by atoms with van der Waals surface area (Å²) >= 11 is 0. The fraction of sp³-hybridized carbons (Fsp3) is 0.583. The van der Waals surface area contributed by atoms with Gasteiger partial charge in [0, 0.05) is 18.8 Å². The SMILES string of the molecule is CCC(C)(C)c1ccc(C2CCC(=O)[C@@H]2C/C=C\CCCC(=O)OC)cc1. The maximum Gasteiger partial charge on any atom is 0.305 e. The van der Waals surface area contributed by atoms with Crippen LogP contribution in [0.4, 0.5) is 0 Å². The van der Waals surface area contributed by atoms with Crippen molar-refractivity contribution in [1.29, 1.82) is 0 Å². The van der Waals surface area contributed by atoms with Gasteiger partial charge in [-0.1, -0.05) is 57.2 Å². The second kappa shape index (κ2) is 9.87. The van der Waals surface area contributed by atoms with E-state index >= 15 is 0 Å². The molecule has 3 nitrogen and oxygen atoms in total. The summed E-state index contributed by atoms with van der Waals surface area (Å²) in [6, 6.07) is 8.93. The first kappa shape index (κ1) is 21.4. The van der Waals surface area contributed by atoms with E-state index in [1.54, 1.807) is 0 Å². The number of ketones is 1. The fourth-order valence-corrected chi connectivity index (χ4v) is 3.82. The number of carbonyl (C=O) groups is 2. The van der Waals surface area contributed by atoms with Crippen LogP contribution >= 0.6 is 0 Å². The van der Waals surface area contributed by atoms with Crippen LogP contribution in [0.3, 0.4) is 0 Å². The van der Waals surface area contributed by atoms with Gasteiger partial charge in [-0.25, -0.2) is 0 Å². The standard InChI is InChI=1S/C24H34O3/c1-5-24(2,3)19-14-12-18(13-15-19)20-16-17-22(25)21(20)10-8-6-7-9-11-23(26)27-4/h6,8,12-15,20-21H,5,7,9-11,16-17H2,1-4H3/b8-6-/t20?,21-/m1/s1. The van der Waals surface area contributed by atoms with Crippen LogP contribution in [0.2, 0.25) is 0 Å². The normalized spacial score (nSPS) is 20.4. The van der Waals surface area contributed by atoms with Crippen molar-refractivity contribution in [3.8, 4) is 0 Å². The maximum absolute atomic E-state index is 12.4. The third kappa shape index (κ3) is 5.79. The fourth-order valence-electron chi connectivity index (χ4n) is 3.82. The highest BCUT2D eigenvalue weighted by atomic mass is 16.5. The Balaban J connectivity index is 1.94. The number of allylic oxidation sites excluding steroid dienone is 2. The highest BCUT2D eigenvalue weighted by Gasteiger charge is 2.34. The summed E-state index contributed by atoms with van der Waals surface area (Å²) in [6.45, 7) is 6.76. The molecule has 1 aromatic carbocycles. The van der Waals surface area contributed by atoms with Crippen LogP contribution < -0.4 is 0 Å². The van der Waals surface area contributed by atoms with Crippen molar-refractivity contribution in [2.75, 3.05) is 7.11 Å². The third-order valence-corrected chi connectivity index (χ3v) is 6.14. The zero-order valence-corrected chi connectivity index (χ0v) is 17.3. The van der Waals surface area contributed by atoms with Crippen LogP contribution in [-0.2, 0) is 19.7 Å². The Morgan fingerprint density at radius 1 is 1.22 bits per heavy atom. The van der Waals surface area contributed by atoms with Crippen LogP contribution in [0.1, 0.15) is 82.8 Å². The summed E-state index contributed by atoms with van der Waals surface area (Å²) in [5, 5.41) is 0. The third-order valence-electron chi connectivity index (χ3n) is 6.14. The van der Waals surface area contributed by atoms with Crippen LogP contribution in [0.25, 0.3) is 0 Å². The molecule has 0 amide bonds. The molecule has 0 aromatic heterocycles. The summed E-state index contributed by atoms with van der Waals surface area (Å²) in [5.74, 6) is 0.643. The van der Waals surface area contributed by atoms with E-state index in [9.17, 15) is 9.59 Å². The lowest BCUT2D eigenvalue weighted by atomic mass is 9.80. The van der Waals surface area contributed by atoms with Crippen molar-refractivity contribution in [3.05, 3.63) is 47.5 Å². The molecule has 148 valence electrons. The van der Waals surface area contributed by atoms with Crippen molar-refractivity contribution in [3.63, 3.8) is 0 Å². The molecular formula is C24H34O3. The number of esters is 1. The molecule has 27 heavy (non-hydrogen) atoms. The summed E-state index contributed by atoms with van der Waals surface area (Å²) in [5.41, 5.74) is 2.84. The first-order valence-corrected chi connectivity index (χ1v) is 10.2. The molecule has 0 radical (unpaired) electrons. The molecule has 2 atom stereocenters. The van der Waals surface area contributed by atoms with Gasteiger partial charge in [0.1, 0.15) is 5.78 Å². The predicted molar refractivity (Wildman–Crippen MR) is 110 cm³/mol. The highest BCUT2D eigenvalue weighted by Crippen LogP contribution is 2.40. The summed E-state index contributed by atoms with van der Waals surface area (Å²) in [7, 11) is 1.42. The number of hydrogen-bond acceptors (Lipinski definition) is 3. The van der Waals surface area contributed by atoms with Gasteiger partial charge >= 0.3 is 5.97 Å². The molecule has 1 aliphatic carbocycles. The molecule has 0 N–H and O–H groups in total. The van der Waals surface area contributed by atoms with Crippen LogP contribution in [0.15, 0.2) is 36.4 Å². The second-order valence-corrected chi connectivity index (χ2v) is 8.25. The van der Waals surface area contributed by atoms with Crippen molar-refractivity contribution < 1.29 is 14.3 Å². The molecule has 0 spiro atoms. The lowest BCUT2D eigenvalue weighted by molar-refractivity contribution is -0.140. The van der Waals surface area contributed by atoms with Crippen LogP contribution in [0.5, 0.6) is 0 Å². The van der Waals surface area contributed by atoms with E-state index in [0.717, 1.165) is 32.1 Å². The molecule has 1 saturated carbocycles. The quantitative estimate of drug-likeness (QED) is 0.317. The second-order valence-electron chi connectivity index (χ2n) is 8.25. The smallest absolute Gasteiger partial charge is 0.305 e. The Hall–Kier alpha value is -1.90. The van der Waals surface area contributed by atoms with E-state index in [0.29, 0.717) is 24.5 Å². The summed E-state index contributed by atoms with van der Waals surface area (Å²) in [6.07, 6.45) is 9.85. The molecule has 1 unspecified atom stereocenters. The Kier molecular flexibility index (Phi) is 7.82. The number of rotatable bonds is 9. The molecule has 1 aliphatic rings. The van der Waals surface area contributed by atoms with Gasteiger partial charge < -0.3 is 4.74 Å². The number of methoxy groups -OCH3 is 1. The van der Waals surface area contributed by atoms with Crippen molar-refractivity contribution >= 4 is 11.8 Å². The van der Waals surface area contributed by atoms with Crippen LogP contribution in [-0.4, -0.2) is 18.9 Å². The van der Waals surface area contributed by atoms with Gasteiger partial charge in [0.2, 0.25) is 0 Å². The molecule has 2 rings (SSSR count).